The molecular formula is C14H9N3O. The molecule has 0 saturated carbocycles. The first kappa shape index (κ1) is 9.41. The van der Waals surface area contributed by atoms with Crippen molar-refractivity contribution in [3.05, 3.63) is 59.0 Å². The predicted octanol–water partition coefficient (Wildman–Crippen LogP) is 2.33. The molecule has 18 heavy (non-hydrogen) atoms. The second kappa shape index (κ2) is 3.20. The molecule has 0 fully saturated rings. The molecule has 0 bridgehead atoms. The third-order valence-corrected chi connectivity index (χ3v) is 3.19. The number of aromatic amines is 1. The number of nitrogens with one attached hydrogen (secondary N) is 1. The zero-order valence-electron chi connectivity index (χ0n) is 9.42. The van der Waals surface area contributed by atoms with Crippen molar-refractivity contribution in [3.63, 3.8) is 0 Å². The Kier molecular flexibility index (Phi) is 1.67. The molecule has 86 valence electrons. The summed E-state index contributed by atoms with van der Waals surface area (Å²) in [5.41, 5.74) is 2.32. The Bertz CT molecular complexity index is 949. The summed E-state index contributed by atoms with van der Waals surface area (Å²) in [5.74, 6) is 0. The minimum atomic E-state index is -0.208. The highest BCUT2D eigenvalue weighted by Gasteiger charge is 2.10. The molecule has 4 aromatic rings. The molecule has 0 radical (unpaired) electrons. The van der Waals surface area contributed by atoms with Gasteiger partial charge in [0.2, 0.25) is 0 Å². The Morgan fingerprint density at radius 2 is 1.67 bits per heavy atom. The first-order valence-electron chi connectivity index (χ1n) is 5.73. The fourth-order valence-corrected chi connectivity index (χ4v) is 2.41. The van der Waals surface area contributed by atoms with E-state index in [9.17, 15) is 4.79 Å². The van der Waals surface area contributed by atoms with Crippen molar-refractivity contribution in [1.29, 1.82) is 0 Å². The van der Waals surface area contributed by atoms with Crippen molar-refractivity contribution in [2.45, 2.75) is 0 Å². The Morgan fingerprint density at radius 3 is 2.56 bits per heavy atom. The first-order valence-corrected chi connectivity index (χ1v) is 5.73. The van der Waals surface area contributed by atoms with Crippen LogP contribution in [0, 0.1) is 0 Å². The van der Waals surface area contributed by atoms with Crippen LogP contribution in [0.3, 0.4) is 0 Å². The summed E-state index contributed by atoms with van der Waals surface area (Å²) < 4.78 is 1.44. The molecule has 0 atom stereocenters. The molecule has 0 aliphatic heterocycles. The van der Waals surface area contributed by atoms with Crippen LogP contribution in [0.2, 0.25) is 0 Å². The molecule has 2 heterocycles. The molecule has 1 N–H and O–H groups in total. The average molecular weight is 235 g/mol. The average Bonchev–Trinajstić information content (AvgIpc) is 2.79. The number of nitrogens with zero attached hydrogens (tertiary/aromatic N) is 2. The van der Waals surface area contributed by atoms with Crippen LogP contribution < -0.4 is 5.69 Å². The highest BCUT2D eigenvalue weighted by molar-refractivity contribution is 6.08. The van der Waals surface area contributed by atoms with E-state index in [1.54, 1.807) is 0 Å². The van der Waals surface area contributed by atoms with Gasteiger partial charge < -0.3 is 4.98 Å². The van der Waals surface area contributed by atoms with Gasteiger partial charge in [-0.1, -0.05) is 36.4 Å². The van der Waals surface area contributed by atoms with Gasteiger partial charge in [-0.05, 0) is 12.1 Å². The molecule has 2 aromatic heterocycles. The van der Waals surface area contributed by atoms with Gasteiger partial charge in [0, 0.05) is 10.8 Å². The first-order chi connectivity index (χ1) is 8.84. The van der Waals surface area contributed by atoms with Crippen molar-refractivity contribution >= 4 is 27.3 Å². The number of H-pyrrole nitrogens is 1. The van der Waals surface area contributed by atoms with Gasteiger partial charge in [0.05, 0.1) is 16.6 Å². The Labute approximate surface area is 101 Å². The highest BCUT2D eigenvalue weighted by Crippen LogP contribution is 2.24. The molecule has 0 spiro atoms. The lowest BCUT2D eigenvalue weighted by atomic mass is 10.1. The fraction of sp³-hybridized carbons (Fsp3) is 0. The summed E-state index contributed by atoms with van der Waals surface area (Å²) in [6.45, 7) is 0. The van der Waals surface area contributed by atoms with Crippen molar-refractivity contribution < 1.29 is 0 Å². The topological polar surface area (TPSA) is 50.2 Å². The minimum Gasteiger partial charge on any atom is -0.305 e. The van der Waals surface area contributed by atoms with Crippen molar-refractivity contribution in [3.8, 4) is 0 Å². The van der Waals surface area contributed by atoms with Gasteiger partial charge in [-0.15, -0.1) is 0 Å². The van der Waals surface area contributed by atoms with Gasteiger partial charge in [0.1, 0.15) is 0 Å². The summed E-state index contributed by atoms with van der Waals surface area (Å²) in [4.78, 5) is 14.8. The predicted molar refractivity (Wildman–Crippen MR) is 70.8 cm³/mol. The van der Waals surface area contributed by atoms with Crippen LogP contribution in [-0.2, 0) is 0 Å². The third kappa shape index (κ3) is 1.09. The van der Waals surface area contributed by atoms with E-state index in [-0.39, 0.29) is 5.69 Å². The fourth-order valence-electron chi connectivity index (χ4n) is 2.41. The van der Waals surface area contributed by atoms with Gasteiger partial charge in [-0.2, -0.15) is 9.61 Å². The standard InChI is InChI=1S/C14H9N3O/c18-14-15-11-7-3-1-5-9(11)13-10-6-2-4-8-12(10)16-17(13)14/h1-8H,(H,15,18). The maximum atomic E-state index is 12.0. The largest absolute Gasteiger partial charge is 0.347 e. The Morgan fingerprint density at radius 1 is 0.944 bits per heavy atom. The van der Waals surface area contributed by atoms with Crippen molar-refractivity contribution in [2.24, 2.45) is 0 Å². The lowest BCUT2D eigenvalue weighted by molar-refractivity contribution is 0.896. The molecule has 2 aromatic carbocycles. The van der Waals surface area contributed by atoms with E-state index in [0.29, 0.717) is 0 Å². The second-order valence-corrected chi connectivity index (χ2v) is 4.25. The number of fused-ring (bicyclic) bond motifs is 5. The van der Waals surface area contributed by atoms with Crippen LogP contribution >= 0.6 is 0 Å². The summed E-state index contributed by atoms with van der Waals surface area (Å²) in [6.07, 6.45) is 0. The Hall–Kier alpha value is -2.62. The normalized spacial score (nSPS) is 11.6. The van der Waals surface area contributed by atoms with E-state index in [0.717, 1.165) is 27.3 Å². The van der Waals surface area contributed by atoms with Crippen LogP contribution in [0.4, 0.5) is 0 Å². The zero-order chi connectivity index (χ0) is 12.1. The van der Waals surface area contributed by atoms with Gasteiger partial charge in [-0.25, -0.2) is 4.79 Å². The number of benzene rings is 2. The van der Waals surface area contributed by atoms with Crippen molar-refractivity contribution in [2.75, 3.05) is 0 Å². The van der Waals surface area contributed by atoms with Crippen molar-refractivity contribution in [1.82, 2.24) is 14.6 Å². The molecule has 4 heteroatoms. The molecule has 0 aliphatic carbocycles. The summed E-state index contributed by atoms with van der Waals surface area (Å²) in [6, 6.07) is 15.5. The number of hydrogen-bond donors (Lipinski definition) is 1. The van der Waals surface area contributed by atoms with E-state index in [4.69, 9.17) is 0 Å². The van der Waals surface area contributed by atoms with E-state index < -0.39 is 0 Å². The second-order valence-electron chi connectivity index (χ2n) is 4.25. The zero-order valence-corrected chi connectivity index (χ0v) is 9.42. The highest BCUT2D eigenvalue weighted by atomic mass is 16.1. The molecule has 0 unspecified atom stereocenters. The SMILES string of the molecule is O=c1[nH]c2ccccc2c2c3ccccc3nn12. The molecule has 0 amide bonds. The van der Waals surface area contributed by atoms with Crippen LogP contribution in [-0.4, -0.2) is 14.6 Å². The molecule has 0 aliphatic rings. The monoisotopic (exact) mass is 235 g/mol. The van der Waals surface area contributed by atoms with Crippen LogP contribution in [0.15, 0.2) is 53.3 Å². The van der Waals surface area contributed by atoms with Crippen LogP contribution in [0.25, 0.3) is 27.3 Å². The maximum Gasteiger partial charge on any atom is 0.347 e. The molecule has 4 rings (SSSR count). The molecule has 0 saturated heterocycles. The van der Waals surface area contributed by atoms with E-state index >= 15 is 0 Å². The van der Waals surface area contributed by atoms with E-state index in [1.807, 2.05) is 48.5 Å². The van der Waals surface area contributed by atoms with E-state index in [2.05, 4.69) is 10.1 Å². The maximum absolute atomic E-state index is 12.0. The number of aromatic nitrogens is 3. The molecule has 4 nitrogen and oxygen atoms in total. The summed E-state index contributed by atoms with van der Waals surface area (Å²) in [5, 5.41) is 6.34. The Balaban J connectivity index is 2.45. The number of hydrogen-bond acceptors (Lipinski definition) is 2. The summed E-state index contributed by atoms with van der Waals surface area (Å²) >= 11 is 0. The number of para-hydroxylation sites is 1. The van der Waals surface area contributed by atoms with Crippen LogP contribution in [0.5, 0.6) is 0 Å². The quantitative estimate of drug-likeness (QED) is 0.508. The number of rotatable bonds is 0. The lowest BCUT2D eigenvalue weighted by Crippen LogP contribution is -2.17. The van der Waals surface area contributed by atoms with Crippen LogP contribution in [0.1, 0.15) is 0 Å². The molecular weight excluding hydrogens is 226 g/mol. The van der Waals surface area contributed by atoms with E-state index in [1.165, 1.54) is 4.52 Å². The van der Waals surface area contributed by atoms with Gasteiger partial charge in [0.15, 0.2) is 0 Å². The summed E-state index contributed by atoms with van der Waals surface area (Å²) in [7, 11) is 0. The third-order valence-electron chi connectivity index (χ3n) is 3.19. The lowest BCUT2D eigenvalue weighted by Gasteiger charge is -1.99. The minimum absolute atomic E-state index is 0.208. The van der Waals surface area contributed by atoms with Gasteiger partial charge in [0.25, 0.3) is 0 Å². The smallest absolute Gasteiger partial charge is 0.305 e. The van der Waals surface area contributed by atoms with Gasteiger partial charge >= 0.3 is 5.69 Å². The van der Waals surface area contributed by atoms with Gasteiger partial charge in [-0.3, -0.25) is 0 Å².